The first kappa shape index (κ1) is 12.5. The summed E-state index contributed by atoms with van der Waals surface area (Å²) in [5.74, 6) is -1.02. The molecule has 1 N–H and O–H groups in total. The number of fused-ring (bicyclic) bond motifs is 1. The molecular formula is C14H15F2NO2. The number of rotatable bonds is 2. The van der Waals surface area contributed by atoms with Crippen LogP contribution >= 0.6 is 0 Å². The molecule has 0 aromatic heterocycles. The molecule has 2 fully saturated rings. The Morgan fingerprint density at radius 3 is 2.47 bits per heavy atom. The summed E-state index contributed by atoms with van der Waals surface area (Å²) in [4.78, 5) is 12.2. The number of hydrogen-bond acceptors (Lipinski definition) is 3. The van der Waals surface area contributed by atoms with Gasteiger partial charge in [0.2, 0.25) is 0 Å². The fourth-order valence-electron chi connectivity index (χ4n) is 3.37. The molecule has 0 spiro atoms. The van der Waals surface area contributed by atoms with Crippen molar-refractivity contribution in [2.45, 2.75) is 18.9 Å². The third kappa shape index (κ3) is 2.02. The van der Waals surface area contributed by atoms with E-state index in [2.05, 4.69) is 0 Å². The lowest BCUT2D eigenvalue weighted by Crippen LogP contribution is -2.26. The van der Waals surface area contributed by atoms with Crippen molar-refractivity contribution in [3.8, 4) is 0 Å². The van der Waals surface area contributed by atoms with E-state index in [0.29, 0.717) is 25.3 Å². The molecule has 0 radical (unpaired) electrons. The van der Waals surface area contributed by atoms with Crippen molar-refractivity contribution in [2.24, 2.45) is 11.8 Å². The van der Waals surface area contributed by atoms with Crippen molar-refractivity contribution in [3.63, 3.8) is 0 Å². The lowest BCUT2D eigenvalue weighted by molar-refractivity contribution is 0.112. The minimum absolute atomic E-state index is 0.00169. The van der Waals surface area contributed by atoms with Gasteiger partial charge in [0, 0.05) is 24.6 Å². The molecule has 0 amide bonds. The number of anilines is 1. The average Bonchev–Trinajstić information content (AvgIpc) is 2.91. The van der Waals surface area contributed by atoms with Crippen LogP contribution in [0.4, 0.5) is 14.5 Å². The van der Waals surface area contributed by atoms with Crippen molar-refractivity contribution in [1.82, 2.24) is 0 Å². The number of carbonyl (C=O) groups is 1. The number of benzene rings is 1. The SMILES string of the molecule is O=Cc1cc(F)c(N2CC3CCC(O)C3C2)c(F)c1. The number of hydrogen-bond donors (Lipinski definition) is 1. The van der Waals surface area contributed by atoms with Gasteiger partial charge in [-0.2, -0.15) is 0 Å². The second kappa shape index (κ2) is 4.56. The number of aldehydes is 1. The molecule has 1 aliphatic carbocycles. The predicted molar refractivity (Wildman–Crippen MR) is 66.2 cm³/mol. The van der Waals surface area contributed by atoms with Gasteiger partial charge in [0.05, 0.1) is 6.10 Å². The minimum atomic E-state index is -0.712. The Kier molecular flexibility index (Phi) is 3.01. The van der Waals surface area contributed by atoms with Gasteiger partial charge in [-0.1, -0.05) is 0 Å². The molecule has 1 aromatic rings. The van der Waals surface area contributed by atoms with Gasteiger partial charge in [0.1, 0.15) is 23.6 Å². The Morgan fingerprint density at radius 2 is 1.89 bits per heavy atom. The van der Waals surface area contributed by atoms with Gasteiger partial charge in [-0.3, -0.25) is 4.79 Å². The highest BCUT2D eigenvalue weighted by atomic mass is 19.1. The van der Waals surface area contributed by atoms with Crippen LogP contribution in [0.25, 0.3) is 0 Å². The molecule has 1 heterocycles. The maximum Gasteiger partial charge on any atom is 0.150 e. The first-order chi connectivity index (χ1) is 9.10. The average molecular weight is 267 g/mol. The molecule has 3 atom stereocenters. The van der Waals surface area contributed by atoms with Gasteiger partial charge < -0.3 is 10.0 Å². The largest absolute Gasteiger partial charge is 0.393 e. The smallest absolute Gasteiger partial charge is 0.150 e. The van der Waals surface area contributed by atoms with Crippen LogP contribution in [0.5, 0.6) is 0 Å². The number of aliphatic hydroxyl groups is 1. The molecule has 3 rings (SSSR count). The lowest BCUT2D eigenvalue weighted by atomic mass is 10.00. The van der Waals surface area contributed by atoms with Gasteiger partial charge in [-0.25, -0.2) is 8.78 Å². The Bertz CT molecular complexity index is 497. The topological polar surface area (TPSA) is 40.5 Å². The van der Waals surface area contributed by atoms with E-state index in [4.69, 9.17) is 0 Å². The lowest BCUT2D eigenvalue weighted by Gasteiger charge is -2.21. The summed E-state index contributed by atoms with van der Waals surface area (Å²) in [7, 11) is 0. The van der Waals surface area contributed by atoms with Gasteiger partial charge >= 0.3 is 0 Å². The Morgan fingerprint density at radius 1 is 1.21 bits per heavy atom. The van der Waals surface area contributed by atoms with Crippen LogP contribution in [-0.2, 0) is 0 Å². The van der Waals surface area contributed by atoms with E-state index in [1.54, 1.807) is 4.90 Å². The van der Waals surface area contributed by atoms with Crippen molar-refractivity contribution in [3.05, 3.63) is 29.3 Å². The molecule has 3 unspecified atom stereocenters. The Labute approximate surface area is 109 Å². The van der Waals surface area contributed by atoms with E-state index in [1.807, 2.05) is 0 Å². The van der Waals surface area contributed by atoms with Crippen molar-refractivity contribution >= 4 is 12.0 Å². The number of nitrogens with zero attached hydrogens (tertiary/aromatic N) is 1. The standard InChI is InChI=1S/C14H15F2NO2/c15-11-3-8(7-18)4-12(16)14(11)17-5-9-1-2-13(19)10(9)6-17/h3-4,7,9-10,13,19H,1-2,5-6H2. The van der Waals surface area contributed by atoms with Crippen LogP contribution in [0.15, 0.2) is 12.1 Å². The zero-order valence-electron chi connectivity index (χ0n) is 10.4. The Hall–Kier alpha value is -1.49. The molecule has 102 valence electrons. The third-order valence-electron chi connectivity index (χ3n) is 4.31. The van der Waals surface area contributed by atoms with Crippen molar-refractivity contribution in [1.29, 1.82) is 0 Å². The van der Waals surface area contributed by atoms with Crippen LogP contribution < -0.4 is 4.90 Å². The van der Waals surface area contributed by atoms with Crippen LogP contribution in [0.3, 0.4) is 0 Å². The molecule has 0 bridgehead atoms. The zero-order valence-corrected chi connectivity index (χ0v) is 10.4. The van der Waals surface area contributed by atoms with Gasteiger partial charge in [-0.15, -0.1) is 0 Å². The normalized spacial score (nSPS) is 29.6. The van der Waals surface area contributed by atoms with Crippen molar-refractivity contribution in [2.75, 3.05) is 18.0 Å². The molecule has 2 aliphatic rings. The molecular weight excluding hydrogens is 252 g/mol. The second-order valence-corrected chi connectivity index (χ2v) is 5.42. The third-order valence-corrected chi connectivity index (χ3v) is 4.31. The van der Waals surface area contributed by atoms with E-state index in [0.717, 1.165) is 25.0 Å². The summed E-state index contributed by atoms with van der Waals surface area (Å²) in [5.41, 5.74) is -0.0784. The van der Waals surface area contributed by atoms with E-state index >= 15 is 0 Å². The summed E-state index contributed by atoms with van der Waals surface area (Å²) in [6.45, 7) is 1.04. The fourth-order valence-corrected chi connectivity index (χ4v) is 3.37. The molecule has 1 aliphatic heterocycles. The molecule has 1 aromatic carbocycles. The predicted octanol–water partition coefficient (Wildman–Crippen LogP) is 1.98. The summed E-state index contributed by atoms with van der Waals surface area (Å²) in [6.07, 6.45) is 1.74. The zero-order chi connectivity index (χ0) is 13.6. The monoisotopic (exact) mass is 267 g/mol. The minimum Gasteiger partial charge on any atom is -0.393 e. The highest BCUT2D eigenvalue weighted by Gasteiger charge is 2.43. The second-order valence-electron chi connectivity index (χ2n) is 5.42. The van der Waals surface area contributed by atoms with Crippen LogP contribution in [-0.4, -0.2) is 30.6 Å². The summed E-state index contributed by atoms with van der Waals surface area (Å²) in [5, 5.41) is 9.82. The summed E-state index contributed by atoms with van der Waals surface area (Å²) >= 11 is 0. The number of halogens is 2. The quantitative estimate of drug-likeness (QED) is 0.833. The number of carbonyl (C=O) groups excluding carboxylic acids is 1. The Balaban J connectivity index is 1.90. The highest BCUT2D eigenvalue weighted by molar-refractivity contribution is 5.76. The first-order valence-corrected chi connectivity index (χ1v) is 6.47. The van der Waals surface area contributed by atoms with Crippen LogP contribution in [0.2, 0.25) is 0 Å². The van der Waals surface area contributed by atoms with Gasteiger partial charge in [0.25, 0.3) is 0 Å². The molecule has 19 heavy (non-hydrogen) atoms. The summed E-state index contributed by atoms with van der Waals surface area (Å²) < 4.78 is 27.8. The van der Waals surface area contributed by atoms with E-state index in [-0.39, 0.29) is 23.3 Å². The summed E-state index contributed by atoms with van der Waals surface area (Å²) in [6, 6.07) is 2.10. The molecule has 3 nitrogen and oxygen atoms in total. The van der Waals surface area contributed by atoms with Gasteiger partial charge in [0.15, 0.2) is 0 Å². The van der Waals surface area contributed by atoms with Gasteiger partial charge in [-0.05, 0) is 30.9 Å². The molecule has 5 heteroatoms. The van der Waals surface area contributed by atoms with E-state index in [1.165, 1.54) is 0 Å². The maximum absolute atomic E-state index is 13.9. The molecule has 1 saturated heterocycles. The van der Waals surface area contributed by atoms with E-state index < -0.39 is 11.6 Å². The van der Waals surface area contributed by atoms with Crippen LogP contribution in [0.1, 0.15) is 23.2 Å². The first-order valence-electron chi connectivity index (χ1n) is 6.47. The fraction of sp³-hybridized carbons (Fsp3) is 0.500. The maximum atomic E-state index is 13.9. The van der Waals surface area contributed by atoms with E-state index in [9.17, 15) is 18.7 Å². The highest BCUT2D eigenvalue weighted by Crippen LogP contribution is 2.41. The van der Waals surface area contributed by atoms with Crippen LogP contribution in [0, 0.1) is 23.5 Å². The number of aliphatic hydroxyl groups excluding tert-OH is 1. The molecule has 1 saturated carbocycles. The van der Waals surface area contributed by atoms with Crippen molar-refractivity contribution < 1.29 is 18.7 Å².